The zero-order valence-electron chi connectivity index (χ0n) is 45.1. The molecule has 0 spiro atoms. The lowest BCUT2D eigenvalue weighted by Gasteiger charge is -2.20. The molecule has 0 aliphatic carbocycles. The van der Waals surface area contributed by atoms with Crippen molar-refractivity contribution in [3.63, 3.8) is 0 Å². The van der Waals surface area contributed by atoms with E-state index >= 15 is 0 Å². The first kappa shape index (κ1) is 65.3. The highest BCUT2D eigenvalue weighted by Gasteiger charge is 2.18. The Morgan fingerprint density at radius 3 is 1.06 bits per heavy atom. The molecule has 0 aromatic heterocycles. The van der Waals surface area contributed by atoms with Crippen LogP contribution in [0.15, 0.2) is 24.3 Å². The number of amides is 1. The van der Waals surface area contributed by atoms with Gasteiger partial charge in [-0.3, -0.25) is 9.59 Å². The second-order valence-corrected chi connectivity index (χ2v) is 20.7. The fourth-order valence-electron chi connectivity index (χ4n) is 9.34. The molecule has 0 aliphatic heterocycles. The molecule has 0 radical (unpaired) electrons. The first-order chi connectivity index (χ1) is 33.0. The molecule has 3 N–H and O–H groups in total. The minimum atomic E-state index is -0.847. The van der Waals surface area contributed by atoms with Crippen LogP contribution < -0.4 is 5.32 Å². The van der Waals surface area contributed by atoms with Gasteiger partial charge < -0.3 is 20.3 Å². The van der Waals surface area contributed by atoms with Crippen molar-refractivity contribution in [2.45, 2.75) is 341 Å². The monoisotopic (exact) mass is 944 g/mol. The van der Waals surface area contributed by atoms with Crippen molar-refractivity contribution in [1.29, 1.82) is 0 Å². The predicted molar refractivity (Wildman–Crippen MR) is 292 cm³/mol. The van der Waals surface area contributed by atoms with Crippen LogP contribution in [0.3, 0.4) is 0 Å². The lowest BCUT2D eigenvalue weighted by atomic mass is 10.0. The van der Waals surface area contributed by atoms with E-state index in [-0.39, 0.29) is 18.5 Å². The molecule has 0 aromatic rings. The Kier molecular flexibility index (Phi) is 55.5. The minimum absolute atomic E-state index is 0.0120. The van der Waals surface area contributed by atoms with Crippen LogP contribution in [0.25, 0.3) is 0 Å². The van der Waals surface area contributed by atoms with Gasteiger partial charge >= 0.3 is 5.97 Å². The Bertz CT molecular complexity index is 1040. The fraction of sp³-hybridized carbons (Fsp3) is 0.902. The van der Waals surface area contributed by atoms with Gasteiger partial charge in [0.2, 0.25) is 5.91 Å². The first-order valence-electron chi connectivity index (χ1n) is 30.1. The summed E-state index contributed by atoms with van der Waals surface area (Å²) in [6, 6.07) is -0.632. The molecular formula is C61H117NO5. The van der Waals surface area contributed by atoms with Crippen molar-refractivity contribution in [1.82, 2.24) is 5.32 Å². The largest absolute Gasteiger partial charge is 0.466 e. The van der Waals surface area contributed by atoms with E-state index in [9.17, 15) is 19.8 Å². The summed E-state index contributed by atoms with van der Waals surface area (Å²) in [5, 5.41) is 23.0. The molecular weight excluding hydrogens is 827 g/mol. The third kappa shape index (κ3) is 53.5. The number of ether oxygens (including phenoxy) is 1. The molecule has 67 heavy (non-hydrogen) atoms. The van der Waals surface area contributed by atoms with Crippen molar-refractivity contribution in [3.8, 4) is 0 Å². The SMILES string of the molecule is CCCCCCCCCCC/C=C/C(O)C(CO)NC(=O)CCCCCCCCC/C=C\CCCCCCCCCCCCOC(=O)CCCCCCCCCCCCCCCCCCCC. The number of allylic oxidation sites excluding steroid dienone is 3. The Morgan fingerprint density at radius 1 is 0.403 bits per heavy atom. The molecule has 0 bridgehead atoms. The molecule has 6 heteroatoms. The maximum atomic E-state index is 12.4. The van der Waals surface area contributed by atoms with Crippen LogP contribution in [-0.4, -0.2) is 47.4 Å². The summed E-state index contributed by atoms with van der Waals surface area (Å²) >= 11 is 0. The minimum Gasteiger partial charge on any atom is -0.466 e. The van der Waals surface area contributed by atoms with E-state index in [1.807, 2.05) is 6.08 Å². The highest BCUT2D eigenvalue weighted by molar-refractivity contribution is 5.76. The van der Waals surface area contributed by atoms with Gasteiger partial charge in [0.05, 0.1) is 25.4 Å². The van der Waals surface area contributed by atoms with Gasteiger partial charge in [-0.05, 0) is 57.8 Å². The van der Waals surface area contributed by atoms with Crippen LogP contribution in [-0.2, 0) is 14.3 Å². The van der Waals surface area contributed by atoms with Crippen LogP contribution in [0.1, 0.15) is 328 Å². The lowest BCUT2D eigenvalue weighted by Crippen LogP contribution is -2.45. The third-order valence-electron chi connectivity index (χ3n) is 14.0. The highest BCUT2D eigenvalue weighted by Crippen LogP contribution is 2.17. The predicted octanol–water partition coefficient (Wildman–Crippen LogP) is 18.6. The molecule has 6 nitrogen and oxygen atoms in total. The summed E-state index contributed by atoms with van der Waals surface area (Å²) in [5.74, 6) is -0.0643. The lowest BCUT2D eigenvalue weighted by molar-refractivity contribution is -0.143. The number of hydrogen-bond donors (Lipinski definition) is 3. The maximum Gasteiger partial charge on any atom is 0.305 e. The average molecular weight is 945 g/mol. The molecule has 0 saturated carbocycles. The number of hydrogen-bond acceptors (Lipinski definition) is 5. The highest BCUT2D eigenvalue weighted by atomic mass is 16.5. The van der Waals surface area contributed by atoms with Crippen molar-refractivity contribution in [3.05, 3.63) is 24.3 Å². The second-order valence-electron chi connectivity index (χ2n) is 20.7. The normalized spacial score (nSPS) is 12.7. The number of carbonyl (C=O) groups excluding carboxylic acids is 2. The smallest absolute Gasteiger partial charge is 0.305 e. The van der Waals surface area contributed by atoms with Gasteiger partial charge in [-0.1, -0.05) is 282 Å². The molecule has 2 atom stereocenters. The van der Waals surface area contributed by atoms with Crippen molar-refractivity contribution >= 4 is 11.9 Å². The van der Waals surface area contributed by atoms with Crippen molar-refractivity contribution in [2.24, 2.45) is 0 Å². The molecule has 0 saturated heterocycles. The van der Waals surface area contributed by atoms with E-state index in [1.165, 1.54) is 257 Å². The number of aliphatic hydroxyl groups excluding tert-OH is 2. The van der Waals surface area contributed by atoms with Gasteiger partial charge in [0.1, 0.15) is 0 Å². The van der Waals surface area contributed by atoms with E-state index in [0.29, 0.717) is 19.4 Å². The van der Waals surface area contributed by atoms with E-state index in [2.05, 4.69) is 31.3 Å². The van der Waals surface area contributed by atoms with Crippen LogP contribution in [0, 0.1) is 0 Å². The van der Waals surface area contributed by atoms with Gasteiger partial charge in [-0.15, -0.1) is 0 Å². The summed E-state index contributed by atoms with van der Waals surface area (Å²) in [4.78, 5) is 24.5. The molecule has 0 aliphatic rings. The first-order valence-corrected chi connectivity index (χ1v) is 30.1. The number of rotatable bonds is 56. The third-order valence-corrected chi connectivity index (χ3v) is 14.0. The molecule has 0 fully saturated rings. The summed E-state index contributed by atoms with van der Waals surface area (Å²) in [6.45, 7) is 4.90. The number of unbranched alkanes of at least 4 members (excludes halogenated alkanes) is 43. The van der Waals surface area contributed by atoms with Crippen molar-refractivity contribution < 1.29 is 24.5 Å². The van der Waals surface area contributed by atoms with E-state index < -0.39 is 12.1 Å². The molecule has 2 unspecified atom stereocenters. The average Bonchev–Trinajstić information content (AvgIpc) is 3.33. The van der Waals surface area contributed by atoms with E-state index in [4.69, 9.17) is 4.74 Å². The van der Waals surface area contributed by atoms with E-state index in [0.717, 1.165) is 44.9 Å². The standard InChI is InChI=1S/C61H117NO5/c1-3-5-7-9-11-13-15-16-17-18-25-28-31-35-39-43-47-51-55-61(66)67-56-52-48-44-40-36-32-29-26-23-21-19-20-22-24-27-30-34-38-42-46-50-54-60(65)62-58(57-63)59(64)53-49-45-41-37-33-14-12-10-8-6-4-2/h20,22,49,53,58-59,63-64H,3-19,21,23-48,50-52,54-57H2,1-2H3,(H,62,65)/b22-20-,53-49+. The summed E-state index contributed by atoms with van der Waals surface area (Å²) in [6.07, 6.45) is 69.3. The Hall–Kier alpha value is -1.66. The number of carbonyl (C=O) groups is 2. The quantitative estimate of drug-likeness (QED) is 0.0321. The van der Waals surface area contributed by atoms with Crippen LogP contribution >= 0.6 is 0 Å². The topological polar surface area (TPSA) is 95.9 Å². The summed E-state index contributed by atoms with van der Waals surface area (Å²) < 4.78 is 5.49. The zero-order chi connectivity index (χ0) is 48.6. The van der Waals surface area contributed by atoms with Crippen LogP contribution in [0.2, 0.25) is 0 Å². The molecule has 0 aromatic carbocycles. The molecule has 1 amide bonds. The number of nitrogens with one attached hydrogen (secondary N) is 1. The van der Waals surface area contributed by atoms with Gasteiger partial charge in [0.25, 0.3) is 0 Å². The van der Waals surface area contributed by atoms with E-state index in [1.54, 1.807) is 6.08 Å². The Labute approximate surface area is 418 Å². The van der Waals surface area contributed by atoms with Gasteiger partial charge in [-0.25, -0.2) is 0 Å². The second kappa shape index (κ2) is 56.9. The van der Waals surface area contributed by atoms with Crippen molar-refractivity contribution in [2.75, 3.05) is 13.2 Å². The molecule has 396 valence electrons. The summed E-state index contributed by atoms with van der Waals surface area (Å²) in [7, 11) is 0. The van der Waals surface area contributed by atoms with Crippen LogP contribution in [0.4, 0.5) is 0 Å². The maximum absolute atomic E-state index is 12.4. The molecule has 0 rings (SSSR count). The van der Waals surface area contributed by atoms with Gasteiger partial charge in [0.15, 0.2) is 0 Å². The fourth-order valence-corrected chi connectivity index (χ4v) is 9.34. The number of aliphatic hydroxyl groups is 2. The van der Waals surface area contributed by atoms with Gasteiger partial charge in [0, 0.05) is 12.8 Å². The van der Waals surface area contributed by atoms with Crippen LogP contribution in [0.5, 0.6) is 0 Å². The Morgan fingerprint density at radius 2 is 0.701 bits per heavy atom. The Balaban J connectivity index is 3.40. The number of esters is 1. The van der Waals surface area contributed by atoms with Gasteiger partial charge in [-0.2, -0.15) is 0 Å². The zero-order valence-corrected chi connectivity index (χ0v) is 45.1. The summed E-state index contributed by atoms with van der Waals surface area (Å²) in [5.41, 5.74) is 0. The molecule has 0 heterocycles.